The third-order valence-electron chi connectivity index (χ3n) is 2.40. The number of halogens is 1. The number of hydrogen-bond donors (Lipinski definition) is 0. The Kier molecular flexibility index (Phi) is 4.22. The van der Waals surface area contributed by atoms with Gasteiger partial charge in [0.25, 0.3) is 0 Å². The van der Waals surface area contributed by atoms with Crippen LogP contribution in [0, 0.1) is 0 Å². The van der Waals surface area contributed by atoms with Gasteiger partial charge >= 0.3 is 0 Å². The first-order valence-corrected chi connectivity index (χ1v) is 6.52. The molecule has 0 N–H and O–H groups in total. The van der Waals surface area contributed by atoms with E-state index in [1.807, 2.05) is 45.0 Å². The third-order valence-corrected chi connectivity index (χ3v) is 2.57. The molecule has 5 heteroatoms. The van der Waals surface area contributed by atoms with E-state index in [-0.39, 0.29) is 10.9 Å². The summed E-state index contributed by atoms with van der Waals surface area (Å²) in [5.41, 5.74) is 0.601. The van der Waals surface area contributed by atoms with E-state index < -0.39 is 0 Å². The molecule has 0 atom stereocenters. The van der Waals surface area contributed by atoms with Crippen LogP contribution in [0.15, 0.2) is 24.3 Å². The van der Waals surface area contributed by atoms with Crippen LogP contribution in [0.2, 0.25) is 5.28 Å². The molecule has 0 fully saturated rings. The van der Waals surface area contributed by atoms with Gasteiger partial charge in [-0.25, -0.2) is 4.98 Å². The summed E-state index contributed by atoms with van der Waals surface area (Å²) in [5.74, 6) is 0.494. The van der Waals surface area contributed by atoms with Gasteiger partial charge in [0.1, 0.15) is 6.61 Å². The fourth-order valence-corrected chi connectivity index (χ4v) is 1.78. The molecule has 0 aliphatic rings. The van der Waals surface area contributed by atoms with Gasteiger partial charge in [-0.2, -0.15) is 4.98 Å². The highest BCUT2D eigenvalue weighted by atomic mass is 35.5. The van der Waals surface area contributed by atoms with Crippen molar-refractivity contribution in [2.24, 2.45) is 0 Å². The topological polar surface area (TPSA) is 44.2 Å². The van der Waals surface area contributed by atoms with Gasteiger partial charge in [0, 0.05) is 0 Å². The van der Waals surface area contributed by atoms with E-state index in [0.717, 1.165) is 10.9 Å². The number of rotatable bonds is 4. The molecule has 0 aliphatic carbocycles. The normalized spacial score (nSPS) is 11.8. The number of aromatic nitrogens is 2. The Balaban J connectivity index is 2.08. The minimum atomic E-state index is -0.172. The molecule has 19 heavy (non-hydrogen) atoms. The highest BCUT2D eigenvalue weighted by molar-refractivity contribution is 6.28. The fraction of sp³-hybridized carbons (Fsp3) is 0.429. The molecule has 1 aromatic heterocycles. The van der Waals surface area contributed by atoms with E-state index in [2.05, 4.69) is 9.97 Å². The van der Waals surface area contributed by atoms with Crippen molar-refractivity contribution in [1.82, 2.24) is 9.97 Å². The fourth-order valence-electron chi connectivity index (χ4n) is 1.62. The van der Waals surface area contributed by atoms with Crippen molar-refractivity contribution < 1.29 is 9.47 Å². The molecule has 0 saturated heterocycles. The number of nitrogens with zero attached hydrogens (tertiary/aromatic N) is 2. The molecule has 0 radical (unpaired) electrons. The molecule has 0 bridgehead atoms. The molecular formula is C14H17ClN2O2. The molecule has 2 aromatic rings. The first-order chi connectivity index (χ1) is 8.96. The average molecular weight is 281 g/mol. The quantitative estimate of drug-likeness (QED) is 0.635. The third kappa shape index (κ3) is 4.04. The molecule has 102 valence electrons. The van der Waals surface area contributed by atoms with Gasteiger partial charge in [0.05, 0.1) is 23.1 Å². The van der Waals surface area contributed by atoms with Crippen LogP contribution in [-0.2, 0) is 4.74 Å². The van der Waals surface area contributed by atoms with Crippen molar-refractivity contribution in [1.29, 1.82) is 0 Å². The summed E-state index contributed by atoms with van der Waals surface area (Å²) in [7, 11) is 0. The Morgan fingerprint density at radius 1 is 1.11 bits per heavy atom. The maximum absolute atomic E-state index is 5.88. The molecule has 0 unspecified atom stereocenters. The smallest absolute Gasteiger partial charge is 0.226 e. The maximum atomic E-state index is 5.88. The van der Waals surface area contributed by atoms with Gasteiger partial charge in [-0.3, -0.25) is 0 Å². The number of benzene rings is 1. The SMILES string of the molecule is CC(C)(C)OCCOc1nc(Cl)nc2ccccc12. The molecule has 0 spiro atoms. The van der Waals surface area contributed by atoms with Crippen molar-refractivity contribution in [3.8, 4) is 5.88 Å². The predicted octanol–water partition coefficient (Wildman–Crippen LogP) is 3.48. The van der Waals surface area contributed by atoms with E-state index in [9.17, 15) is 0 Å². The monoisotopic (exact) mass is 280 g/mol. The van der Waals surface area contributed by atoms with E-state index in [1.165, 1.54) is 0 Å². The molecular weight excluding hydrogens is 264 g/mol. The van der Waals surface area contributed by atoms with Crippen LogP contribution in [0.4, 0.5) is 0 Å². The van der Waals surface area contributed by atoms with Crippen LogP contribution in [-0.4, -0.2) is 28.8 Å². The summed E-state index contributed by atoms with van der Waals surface area (Å²) < 4.78 is 11.2. The Bertz CT molecular complexity index is 567. The first kappa shape index (κ1) is 14.0. The largest absolute Gasteiger partial charge is 0.475 e. The lowest BCUT2D eigenvalue weighted by Gasteiger charge is -2.19. The molecule has 4 nitrogen and oxygen atoms in total. The molecule has 0 amide bonds. The molecule has 2 rings (SSSR count). The number of para-hydroxylation sites is 1. The second-order valence-electron chi connectivity index (χ2n) is 5.12. The van der Waals surface area contributed by atoms with Gasteiger partial charge in [-0.05, 0) is 44.5 Å². The second-order valence-corrected chi connectivity index (χ2v) is 5.46. The Labute approximate surface area is 117 Å². The summed E-state index contributed by atoms with van der Waals surface area (Å²) in [6, 6.07) is 7.60. The van der Waals surface area contributed by atoms with E-state index in [4.69, 9.17) is 21.1 Å². The number of fused-ring (bicyclic) bond motifs is 1. The van der Waals surface area contributed by atoms with Crippen molar-refractivity contribution in [3.05, 3.63) is 29.5 Å². The molecule has 1 heterocycles. The predicted molar refractivity (Wildman–Crippen MR) is 75.7 cm³/mol. The Morgan fingerprint density at radius 3 is 2.58 bits per heavy atom. The van der Waals surface area contributed by atoms with Crippen LogP contribution in [0.5, 0.6) is 5.88 Å². The maximum Gasteiger partial charge on any atom is 0.226 e. The highest BCUT2D eigenvalue weighted by Gasteiger charge is 2.11. The van der Waals surface area contributed by atoms with Crippen molar-refractivity contribution in [2.45, 2.75) is 26.4 Å². The zero-order valence-electron chi connectivity index (χ0n) is 11.3. The number of hydrogen-bond acceptors (Lipinski definition) is 4. The minimum absolute atomic E-state index is 0.172. The summed E-state index contributed by atoms with van der Waals surface area (Å²) in [5, 5.41) is 1.04. The lowest BCUT2D eigenvalue weighted by atomic mass is 10.2. The number of ether oxygens (including phenoxy) is 2. The first-order valence-electron chi connectivity index (χ1n) is 6.15. The van der Waals surface area contributed by atoms with Gasteiger partial charge in [-0.15, -0.1) is 0 Å². The standard InChI is InChI=1S/C14H17ClN2O2/c1-14(2,3)19-9-8-18-12-10-6-4-5-7-11(10)16-13(15)17-12/h4-7H,8-9H2,1-3H3. The van der Waals surface area contributed by atoms with Gasteiger partial charge < -0.3 is 9.47 Å². The van der Waals surface area contributed by atoms with Crippen molar-refractivity contribution in [2.75, 3.05) is 13.2 Å². The van der Waals surface area contributed by atoms with Crippen LogP contribution in [0.25, 0.3) is 10.9 Å². The summed E-state index contributed by atoms with van der Waals surface area (Å²) in [6.45, 7) is 6.94. The average Bonchev–Trinajstić information content (AvgIpc) is 2.33. The van der Waals surface area contributed by atoms with Gasteiger partial charge in [-0.1, -0.05) is 12.1 Å². The summed E-state index contributed by atoms with van der Waals surface area (Å²) in [6.07, 6.45) is 0. The molecule has 0 aliphatic heterocycles. The van der Waals surface area contributed by atoms with Crippen molar-refractivity contribution >= 4 is 22.5 Å². The molecule has 1 aromatic carbocycles. The Hall–Kier alpha value is -1.39. The van der Waals surface area contributed by atoms with E-state index >= 15 is 0 Å². The van der Waals surface area contributed by atoms with E-state index in [1.54, 1.807) is 0 Å². The van der Waals surface area contributed by atoms with Crippen LogP contribution in [0.1, 0.15) is 20.8 Å². The summed E-state index contributed by atoms with van der Waals surface area (Å²) in [4.78, 5) is 8.26. The van der Waals surface area contributed by atoms with Gasteiger partial charge in [0.2, 0.25) is 11.2 Å². The van der Waals surface area contributed by atoms with Crippen molar-refractivity contribution in [3.63, 3.8) is 0 Å². The Morgan fingerprint density at radius 2 is 1.84 bits per heavy atom. The lowest BCUT2D eigenvalue weighted by Crippen LogP contribution is -2.22. The zero-order valence-corrected chi connectivity index (χ0v) is 12.1. The van der Waals surface area contributed by atoms with Crippen LogP contribution in [0.3, 0.4) is 0 Å². The van der Waals surface area contributed by atoms with Gasteiger partial charge in [0.15, 0.2) is 0 Å². The zero-order chi connectivity index (χ0) is 13.9. The summed E-state index contributed by atoms with van der Waals surface area (Å²) >= 11 is 5.88. The van der Waals surface area contributed by atoms with E-state index in [0.29, 0.717) is 19.1 Å². The second kappa shape index (κ2) is 5.72. The lowest BCUT2D eigenvalue weighted by molar-refractivity contribution is -0.0166. The van der Waals surface area contributed by atoms with Crippen LogP contribution < -0.4 is 4.74 Å². The highest BCUT2D eigenvalue weighted by Crippen LogP contribution is 2.23. The minimum Gasteiger partial charge on any atom is -0.475 e. The van der Waals surface area contributed by atoms with Crippen LogP contribution >= 0.6 is 11.6 Å². The molecule has 0 saturated carbocycles.